The summed E-state index contributed by atoms with van der Waals surface area (Å²) in [6.07, 6.45) is 0. The van der Waals surface area contributed by atoms with E-state index in [0.29, 0.717) is 0 Å². The molecule has 0 radical (unpaired) electrons. The zero-order valence-corrected chi connectivity index (χ0v) is 5.79. The molecule has 0 N–H and O–H groups in total. The van der Waals surface area contributed by atoms with E-state index in [1.54, 1.807) is 0 Å². The van der Waals surface area contributed by atoms with Crippen molar-refractivity contribution in [1.29, 1.82) is 0 Å². The Morgan fingerprint density at radius 3 is 0.600 bits per heavy atom. The molecular weight excluding hydrogens is 192 g/mol. The van der Waals surface area contributed by atoms with Crippen molar-refractivity contribution in [2.45, 2.75) is 0 Å². The molecule has 0 aliphatic heterocycles. The van der Waals surface area contributed by atoms with Gasteiger partial charge in [0.1, 0.15) is 0 Å². The first-order chi connectivity index (χ1) is 0. The van der Waals surface area contributed by atoms with Crippen molar-refractivity contribution in [3.05, 3.63) is 0 Å². The van der Waals surface area contributed by atoms with Gasteiger partial charge in [-0.05, 0) is 0 Å². The maximum Gasteiger partial charge on any atom is 4.00 e. The summed E-state index contributed by atoms with van der Waals surface area (Å²) in [5.74, 6) is 0. The molecule has 0 heterocycles. The Hall–Kier alpha value is 1.67. The quantitative estimate of drug-likeness (QED) is 0.475. The number of hydrogen-bond acceptors (Lipinski definition) is 0. The average Bonchev–Trinajstić information content (AvgIpc) is 0. The predicted molar refractivity (Wildman–Crippen MR) is 1.37 cm³/mol. The Morgan fingerprint density at radius 1 is 0.600 bits per heavy atom. The zero-order chi connectivity index (χ0) is 0. The van der Waals surface area contributed by atoms with Crippen LogP contribution in [-0.4, -0.2) is 0 Å². The van der Waals surface area contributed by atoms with E-state index in [2.05, 4.69) is 0 Å². The van der Waals surface area contributed by atoms with Crippen LogP contribution in [0, 0.1) is 0 Å². The Balaban J connectivity index is 0. The maximum atomic E-state index is 0. The average molecular weight is 192 g/mol. The first kappa shape index (κ1) is 76.7. The van der Waals surface area contributed by atoms with Gasteiger partial charge in [0.2, 0.25) is 0 Å². The number of hydrogen-bond donors (Lipinski definition) is 0. The molecule has 0 rings (SSSR count). The second-order valence-electron chi connectivity index (χ2n) is 0. The van der Waals surface area contributed by atoms with Crippen molar-refractivity contribution in [1.82, 2.24) is 0 Å². The fourth-order valence-corrected chi connectivity index (χ4v) is 0. The van der Waals surface area contributed by atoms with Crippen LogP contribution in [0.2, 0.25) is 0 Å². The third-order valence-electron chi connectivity index (χ3n) is 0. The van der Waals surface area contributed by atoms with Gasteiger partial charge in [-0.25, -0.2) is 0 Å². The van der Waals surface area contributed by atoms with Crippen LogP contribution in [0.3, 0.4) is 0 Å². The maximum absolute atomic E-state index is 0. The Morgan fingerprint density at radius 2 is 0.600 bits per heavy atom. The van der Waals surface area contributed by atoms with Gasteiger partial charge in [-0.2, -0.15) is 0 Å². The summed E-state index contributed by atoms with van der Waals surface area (Å²) in [6.45, 7) is 0. The van der Waals surface area contributed by atoms with Crippen LogP contribution in [0.15, 0.2) is 0 Å². The fraction of sp³-hybridized carbons (Fsp3) is 0. The summed E-state index contributed by atoms with van der Waals surface area (Å²) >= 11 is 0. The minimum atomic E-state index is 0. The molecule has 5 heavy (non-hydrogen) atoms. The van der Waals surface area contributed by atoms with E-state index in [1.807, 2.05) is 0 Å². The molecule has 28 valence electrons. The van der Waals surface area contributed by atoms with E-state index < -0.39 is 0 Å². The molecule has 0 aromatic heterocycles. The summed E-state index contributed by atoms with van der Waals surface area (Å²) in [6, 6.07) is 0. The van der Waals surface area contributed by atoms with Gasteiger partial charge in [0.05, 0.1) is 0 Å². The molecule has 0 aromatic carbocycles. The van der Waals surface area contributed by atoms with Crippen molar-refractivity contribution in [3.8, 4) is 0 Å². The van der Waals surface area contributed by atoms with E-state index >= 15 is 0 Å². The van der Waals surface area contributed by atoms with E-state index in [-0.39, 0.29) is 66.8 Å². The third kappa shape index (κ3) is 27.3. The molecule has 0 saturated carbocycles. The second kappa shape index (κ2) is 44.3. The van der Waals surface area contributed by atoms with Gasteiger partial charge in [-0.1, -0.05) is 0 Å². The van der Waals surface area contributed by atoms with E-state index in [1.165, 1.54) is 0 Å². The van der Waals surface area contributed by atoms with Gasteiger partial charge >= 0.3 is 55.9 Å². The van der Waals surface area contributed by atoms with Gasteiger partial charge in [0.25, 0.3) is 0 Å². The monoisotopic (exact) mass is 192 g/mol. The first-order valence-corrected chi connectivity index (χ1v) is 0. The fourth-order valence-electron chi connectivity index (χ4n) is 0. The molecule has 0 aliphatic carbocycles. The summed E-state index contributed by atoms with van der Waals surface area (Å²) in [4.78, 5) is 0. The van der Waals surface area contributed by atoms with Crippen LogP contribution in [-0.2, 0) is 66.8 Å². The van der Waals surface area contributed by atoms with E-state index in [9.17, 15) is 0 Å². The molecule has 0 fully saturated rings. The van der Waals surface area contributed by atoms with E-state index in [0.717, 1.165) is 0 Å². The molecule has 0 aliphatic rings. The minimum Gasteiger partial charge on any atom is -2.00 e. The predicted octanol–water partition coefficient (Wildman–Crippen LogP) is -0.245. The standard InChI is InChI=1S/2Fe.2O.Ti/q2*+2;2*-2;+4. The SMILES string of the molecule is [Fe+2].[Fe+2].[O-2].[O-2].[Ti+4]. The molecule has 5 heteroatoms. The van der Waals surface area contributed by atoms with Gasteiger partial charge in [-0.3, -0.25) is 0 Å². The number of rotatable bonds is 0. The van der Waals surface area contributed by atoms with E-state index in [4.69, 9.17) is 0 Å². The summed E-state index contributed by atoms with van der Waals surface area (Å²) < 4.78 is 0. The van der Waals surface area contributed by atoms with Crippen LogP contribution in [0.1, 0.15) is 0 Å². The molecule has 0 atom stereocenters. The smallest absolute Gasteiger partial charge is 2.00 e. The molecule has 0 saturated heterocycles. The van der Waals surface area contributed by atoms with Gasteiger partial charge < -0.3 is 11.0 Å². The topological polar surface area (TPSA) is 57.0 Å². The largest absolute Gasteiger partial charge is 4.00 e. The van der Waals surface area contributed by atoms with Gasteiger partial charge in [-0.15, -0.1) is 0 Å². The molecule has 0 spiro atoms. The minimum absolute atomic E-state index is 0. The summed E-state index contributed by atoms with van der Waals surface area (Å²) in [5.41, 5.74) is 0. The normalized spacial score (nSPS) is 0. The molecular formula is Fe2O2Ti+4. The summed E-state index contributed by atoms with van der Waals surface area (Å²) in [5, 5.41) is 0. The Kier molecular flexibility index (Phi) is 679. The van der Waals surface area contributed by atoms with Crippen molar-refractivity contribution in [2.75, 3.05) is 0 Å². The molecule has 0 aromatic rings. The Labute approximate surface area is 66.5 Å². The van der Waals surface area contributed by atoms with Gasteiger partial charge in [0.15, 0.2) is 0 Å². The third-order valence-corrected chi connectivity index (χ3v) is 0. The first-order valence-electron chi connectivity index (χ1n) is 0. The van der Waals surface area contributed by atoms with Crippen LogP contribution in [0.5, 0.6) is 0 Å². The molecule has 2 nitrogen and oxygen atoms in total. The zero-order valence-electron chi connectivity index (χ0n) is 2.02. The van der Waals surface area contributed by atoms with Crippen molar-refractivity contribution in [3.63, 3.8) is 0 Å². The van der Waals surface area contributed by atoms with Crippen LogP contribution in [0.25, 0.3) is 0 Å². The molecule has 0 unspecified atom stereocenters. The van der Waals surface area contributed by atoms with Crippen molar-refractivity contribution >= 4 is 0 Å². The van der Waals surface area contributed by atoms with Gasteiger partial charge in [0, 0.05) is 0 Å². The van der Waals surface area contributed by atoms with Crippen LogP contribution in [0.4, 0.5) is 0 Å². The van der Waals surface area contributed by atoms with Crippen LogP contribution < -0.4 is 0 Å². The van der Waals surface area contributed by atoms with Crippen molar-refractivity contribution in [2.24, 2.45) is 0 Å². The second-order valence-corrected chi connectivity index (χ2v) is 0. The van der Waals surface area contributed by atoms with Crippen LogP contribution >= 0.6 is 0 Å². The molecule has 0 amide bonds. The van der Waals surface area contributed by atoms with Crippen molar-refractivity contribution < 1.29 is 66.8 Å². The summed E-state index contributed by atoms with van der Waals surface area (Å²) in [7, 11) is 0. The Bertz CT molecular complexity index is 7.61. The molecule has 0 bridgehead atoms.